The van der Waals surface area contributed by atoms with E-state index in [-0.39, 0.29) is 6.10 Å². The molecular formula is C15H16O. The van der Waals surface area contributed by atoms with E-state index >= 15 is 0 Å². The SMILES string of the molecule is COC1C=CC=C(c2ccc(C)cc2)C=C1. The first-order valence-electron chi connectivity index (χ1n) is 5.46. The molecule has 1 aromatic rings. The van der Waals surface area contributed by atoms with Crippen LogP contribution < -0.4 is 0 Å². The lowest BCUT2D eigenvalue weighted by Crippen LogP contribution is -2.00. The molecule has 0 aromatic heterocycles. The van der Waals surface area contributed by atoms with Gasteiger partial charge >= 0.3 is 0 Å². The minimum absolute atomic E-state index is 0.0826. The number of rotatable bonds is 2. The highest BCUT2D eigenvalue weighted by atomic mass is 16.5. The molecule has 1 nitrogen and oxygen atoms in total. The molecule has 82 valence electrons. The van der Waals surface area contributed by atoms with Gasteiger partial charge in [-0.3, -0.25) is 0 Å². The van der Waals surface area contributed by atoms with Crippen LogP contribution in [0.1, 0.15) is 11.1 Å². The van der Waals surface area contributed by atoms with E-state index in [1.165, 1.54) is 16.7 Å². The summed E-state index contributed by atoms with van der Waals surface area (Å²) in [6.45, 7) is 2.10. The van der Waals surface area contributed by atoms with E-state index < -0.39 is 0 Å². The highest BCUT2D eigenvalue weighted by Crippen LogP contribution is 2.19. The number of aryl methyl sites for hydroxylation is 1. The molecule has 1 aromatic carbocycles. The van der Waals surface area contributed by atoms with Crippen LogP contribution >= 0.6 is 0 Å². The third-order valence-corrected chi connectivity index (χ3v) is 2.70. The smallest absolute Gasteiger partial charge is 0.0940 e. The van der Waals surface area contributed by atoms with Crippen LogP contribution in [0, 0.1) is 6.92 Å². The molecular weight excluding hydrogens is 196 g/mol. The third kappa shape index (κ3) is 2.50. The summed E-state index contributed by atoms with van der Waals surface area (Å²) in [5, 5.41) is 0. The highest BCUT2D eigenvalue weighted by Gasteiger charge is 2.02. The summed E-state index contributed by atoms with van der Waals surface area (Å²) in [6.07, 6.45) is 10.5. The average Bonchev–Trinajstić information content (AvgIpc) is 2.55. The second kappa shape index (κ2) is 4.95. The van der Waals surface area contributed by atoms with Crippen LogP contribution in [0.15, 0.2) is 54.6 Å². The Morgan fingerprint density at radius 2 is 1.81 bits per heavy atom. The Bertz CT molecular complexity index is 435. The molecule has 0 saturated carbocycles. The van der Waals surface area contributed by atoms with Crippen molar-refractivity contribution in [3.8, 4) is 0 Å². The van der Waals surface area contributed by atoms with Gasteiger partial charge in [0.05, 0.1) is 6.10 Å². The predicted octanol–water partition coefficient (Wildman–Crippen LogP) is 3.52. The molecule has 0 fully saturated rings. The number of ether oxygens (including phenoxy) is 1. The Morgan fingerprint density at radius 3 is 2.50 bits per heavy atom. The van der Waals surface area contributed by atoms with Gasteiger partial charge in [-0.25, -0.2) is 0 Å². The van der Waals surface area contributed by atoms with Crippen molar-refractivity contribution in [3.63, 3.8) is 0 Å². The summed E-state index contributed by atoms with van der Waals surface area (Å²) in [6, 6.07) is 8.55. The van der Waals surface area contributed by atoms with Crippen molar-refractivity contribution in [2.24, 2.45) is 0 Å². The van der Waals surface area contributed by atoms with Crippen molar-refractivity contribution < 1.29 is 4.74 Å². The Morgan fingerprint density at radius 1 is 1.06 bits per heavy atom. The zero-order valence-corrected chi connectivity index (χ0v) is 9.68. The van der Waals surface area contributed by atoms with Crippen molar-refractivity contribution in [2.75, 3.05) is 7.11 Å². The lowest BCUT2D eigenvalue weighted by atomic mass is 10.0. The largest absolute Gasteiger partial charge is 0.373 e. The van der Waals surface area contributed by atoms with E-state index in [2.05, 4.69) is 49.4 Å². The van der Waals surface area contributed by atoms with Gasteiger partial charge in [0.2, 0.25) is 0 Å². The molecule has 0 N–H and O–H groups in total. The minimum Gasteiger partial charge on any atom is -0.373 e. The topological polar surface area (TPSA) is 9.23 Å². The van der Waals surface area contributed by atoms with E-state index in [0.717, 1.165) is 0 Å². The fraction of sp³-hybridized carbons (Fsp3) is 0.200. The van der Waals surface area contributed by atoms with E-state index in [4.69, 9.17) is 4.74 Å². The summed E-state index contributed by atoms with van der Waals surface area (Å²) < 4.78 is 5.27. The molecule has 1 atom stereocenters. The lowest BCUT2D eigenvalue weighted by molar-refractivity contribution is 0.178. The normalized spacial score (nSPS) is 19.4. The van der Waals surface area contributed by atoms with Gasteiger partial charge in [-0.2, -0.15) is 0 Å². The summed E-state index contributed by atoms with van der Waals surface area (Å²) >= 11 is 0. The maximum Gasteiger partial charge on any atom is 0.0940 e. The molecule has 0 heterocycles. The highest BCUT2D eigenvalue weighted by molar-refractivity contribution is 5.76. The lowest BCUT2D eigenvalue weighted by Gasteiger charge is -2.03. The summed E-state index contributed by atoms with van der Waals surface area (Å²) in [4.78, 5) is 0. The first-order chi connectivity index (χ1) is 7.79. The molecule has 0 aliphatic heterocycles. The maximum absolute atomic E-state index is 5.27. The van der Waals surface area contributed by atoms with Crippen LogP contribution in [0.5, 0.6) is 0 Å². The zero-order chi connectivity index (χ0) is 11.4. The van der Waals surface area contributed by atoms with Crippen molar-refractivity contribution in [1.29, 1.82) is 0 Å². The number of methoxy groups -OCH3 is 1. The first-order valence-corrected chi connectivity index (χ1v) is 5.46. The van der Waals surface area contributed by atoms with Crippen LogP contribution in [0.25, 0.3) is 5.57 Å². The molecule has 0 amide bonds. The summed E-state index contributed by atoms with van der Waals surface area (Å²) in [7, 11) is 1.72. The van der Waals surface area contributed by atoms with E-state index in [1.807, 2.05) is 12.2 Å². The Balaban J connectivity index is 2.26. The third-order valence-electron chi connectivity index (χ3n) is 2.70. The standard InChI is InChI=1S/C15H16O/c1-12-6-8-14(9-7-12)13-4-3-5-15(16-2)11-10-13/h3-11,15H,1-2H3. The van der Waals surface area contributed by atoms with Crippen molar-refractivity contribution in [1.82, 2.24) is 0 Å². The second-order valence-electron chi connectivity index (χ2n) is 3.93. The molecule has 0 bridgehead atoms. The Kier molecular flexibility index (Phi) is 3.37. The average molecular weight is 212 g/mol. The number of hydrogen-bond donors (Lipinski definition) is 0. The molecule has 0 spiro atoms. The number of benzene rings is 1. The summed E-state index contributed by atoms with van der Waals surface area (Å²) in [5.74, 6) is 0. The minimum atomic E-state index is 0.0826. The summed E-state index contributed by atoms with van der Waals surface area (Å²) in [5.41, 5.74) is 3.74. The molecule has 1 heteroatoms. The van der Waals surface area contributed by atoms with Crippen molar-refractivity contribution >= 4 is 5.57 Å². The van der Waals surface area contributed by atoms with Crippen LogP contribution in [-0.4, -0.2) is 13.2 Å². The molecule has 1 aliphatic carbocycles. The van der Waals surface area contributed by atoms with Crippen LogP contribution in [0.2, 0.25) is 0 Å². The van der Waals surface area contributed by atoms with E-state index in [1.54, 1.807) is 7.11 Å². The van der Waals surface area contributed by atoms with Gasteiger partial charge in [-0.15, -0.1) is 0 Å². The molecule has 1 aliphatic rings. The maximum atomic E-state index is 5.27. The monoisotopic (exact) mass is 212 g/mol. The van der Waals surface area contributed by atoms with Crippen molar-refractivity contribution in [3.05, 3.63) is 65.8 Å². The van der Waals surface area contributed by atoms with Gasteiger partial charge in [0.25, 0.3) is 0 Å². The predicted molar refractivity (Wildman–Crippen MR) is 68.2 cm³/mol. The van der Waals surface area contributed by atoms with Gasteiger partial charge in [-0.05, 0) is 18.1 Å². The van der Waals surface area contributed by atoms with Crippen LogP contribution in [-0.2, 0) is 4.74 Å². The van der Waals surface area contributed by atoms with Gasteiger partial charge in [0.15, 0.2) is 0 Å². The zero-order valence-electron chi connectivity index (χ0n) is 9.68. The van der Waals surface area contributed by atoms with E-state index in [9.17, 15) is 0 Å². The fourth-order valence-electron chi connectivity index (χ4n) is 1.68. The number of allylic oxidation sites excluding steroid dienone is 4. The molecule has 16 heavy (non-hydrogen) atoms. The quantitative estimate of drug-likeness (QED) is 0.728. The molecule has 0 saturated heterocycles. The van der Waals surface area contributed by atoms with Crippen LogP contribution in [0.4, 0.5) is 0 Å². The molecule has 0 radical (unpaired) electrons. The van der Waals surface area contributed by atoms with Gasteiger partial charge in [0.1, 0.15) is 0 Å². The first kappa shape index (κ1) is 10.9. The van der Waals surface area contributed by atoms with Gasteiger partial charge < -0.3 is 4.74 Å². The van der Waals surface area contributed by atoms with Crippen LogP contribution in [0.3, 0.4) is 0 Å². The Labute approximate surface area is 96.8 Å². The molecule has 1 unspecified atom stereocenters. The second-order valence-corrected chi connectivity index (χ2v) is 3.93. The molecule has 2 rings (SSSR count). The van der Waals surface area contributed by atoms with Gasteiger partial charge in [-0.1, -0.05) is 60.2 Å². The fourth-order valence-corrected chi connectivity index (χ4v) is 1.68. The van der Waals surface area contributed by atoms with Crippen molar-refractivity contribution in [2.45, 2.75) is 13.0 Å². The Hall–Kier alpha value is -1.60. The van der Waals surface area contributed by atoms with Gasteiger partial charge in [0, 0.05) is 7.11 Å². The number of hydrogen-bond acceptors (Lipinski definition) is 1. The van der Waals surface area contributed by atoms with E-state index in [0.29, 0.717) is 0 Å².